The molecule has 17 heavy (non-hydrogen) atoms. The highest BCUT2D eigenvalue weighted by molar-refractivity contribution is 5.68. The summed E-state index contributed by atoms with van der Waals surface area (Å²) in [6.07, 6.45) is -0.873. The molecule has 4 nitrogen and oxygen atoms in total. The van der Waals surface area contributed by atoms with Crippen molar-refractivity contribution in [3.8, 4) is 0 Å². The van der Waals surface area contributed by atoms with Crippen LogP contribution >= 0.6 is 0 Å². The van der Waals surface area contributed by atoms with Gasteiger partial charge in [-0.2, -0.15) is 0 Å². The molecule has 0 bridgehead atoms. The molecule has 2 N–H and O–H groups in total. The third-order valence-electron chi connectivity index (χ3n) is 2.62. The van der Waals surface area contributed by atoms with Crippen LogP contribution in [0, 0.1) is 0 Å². The van der Waals surface area contributed by atoms with Crippen LogP contribution in [0.3, 0.4) is 0 Å². The van der Waals surface area contributed by atoms with Crippen molar-refractivity contribution in [3.63, 3.8) is 0 Å². The standard InChI is InChI=1S/C11H20F2N2O2/c1-10(2,3)17-9(16)15-6-4-8(14)11(12,13)5-7-15/h8H,4-7,14H2,1-3H3. The lowest BCUT2D eigenvalue weighted by atomic mass is 10.1. The van der Waals surface area contributed by atoms with Gasteiger partial charge in [0.25, 0.3) is 5.92 Å². The molecule has 1 atom stereocenters. The van der Waals surface area contributed by atoms with Crippen molar-refractivity contribution in [1.29, 1.82) is 0 Å². The Hall–Kier alpha value is -0.910. The molecule has 1 amide bonds. The average molecular weight is 250 g/mol. The van der Waals surface area contributed by atoms with E-state index in [0.717, 1.165) is 0 Å². The maximum absolute atomic E-state index is 13.3. The van der Waals surface area contributed by atoms with Gasteiger partial charge in [-0.05, 0) is 27.2 Å². The summed E-state index contributed by atoms with van der Waals surface area (Å²) in [5.74, 6) is -2.91. The highest BCUT2D eigenvalue weighted by Crippen LogP contribution is 2.27. The van der Waals surface area contributed by atoms with Gasteiger partial charge in [-0.1, -0.05) is 0 Å². The molecule has 0 aliphatic carbocycles. The Morgan fingerprint density at radius 1 is 1.41 bits per heavy atom. The fourth-order valence-electron chi connectivity index (χ4n) is 1.60. The Kier molecular flexibility index (Phi) is 3.96. The number of alkyl halides is 2. The summed E-state index contributed by atoms with van der Waals surface area (Å²) in [5, 5.41) is 0. The Morgan fingerprint density at radius 3 is 2.53 bits per heavy atom. The topological polar surface area (TPSA) is 55.6 Å². The Labute approximate surface area is 100 Å². The van der Waals surface area contributed by atoms with Gasteiger partial charge in [0, 0.05) is 19.5 Å². The first kappa shape index (κ1) is 14.2. The predicted octanol–water partition coefficient (Wildman–Crippen LogP) is 1.98. The van der Waals surface area contributed by atoms with Gasteiger partial charge < -0.3 is 15.4 Å². The highest BCUT2D eigenvalue weighted by Gasteiger charge is 2.40. The van der Waals surface area contributed by atoms with Crippen molar-refractivity contribution < 1.29 is 18.3 Å². The molecule has 6 heteroatoms. The van der Waals surface area contributed by atoms with Gasteiger partial charge >= 0.3 is 6.09 Å². The summed E-state index contributed by atoms with van der Waals surface area (Å²) in [6, 6.07) is -1.19. The van der Waals surface area contributed by atoms with Gasteiger partial charge in [0.05, 0.1) is 6.04 Å². The zero-order chi connectivity index (χ0) is 13.3. The van der Waals surface area contributed by atoms with Gasteiger partial charge in [0.2, 0.25) is 0 Å². The van der Waals surface area contributed by atoms with E-state index < -0.39 is 30.1 Å². The zero-order valence-electron chi connectivity index (χ0n) is 10.5. The number of carbonyl (C=O) groups excluding carboxylic acids is 1. The minimum Gasteiger partial charge on any atom is -0.444 e. The lowest BCUT2D eigenvalue weighted by Gasteiger charge is -2.26. The first-order chi connectivity index (χ1) is 7.62. The molecule has 0 radical (unpaired) electrons. The summed E-state index contributed by atoms with van der Waals surface area (Å²) >= 11 is 0. The van der Waals surface area contributed by atoms with Crippen LogP contribution in [0.5, 0.6) is 0 Å². The molecule has 1 fully saturated rings. The van der Waals surface area contributed by atoms with Crippen LogP contribution < -0.4 is 5.73 Å². The molecular formula is C11H20F2N2O2. The molecule has 1 unspecified atom stereocenters. The van der Waals surface area contributed by atoms with Crippen LogP contribution in [-0.4, -0.2) is 41.6 Å². The van der Waals surface area contributed by atoms with Crippen LogP contribution in [0.25, 0.3) is 0 Å². The number of ether oxygens (including phenoxy) is 1. The Balaban J connectivity index is 2.60. The highest BCUT2D eigenvalue weighted by atomic mass is 19.3. The minimum atomic E-state index is -2.91. The molecule has 0 aromatic heterocycles. The number of halogens is 2. The van der Waals surface area contributed by atoms with E-state index in [1.807, 2.05) is 0 Å². The maximum Gasteiger partial charge on any atom is 0.410 e. The van der Waals surface area contributed by atoms with Crippen molar-refractivity contribution in [2.75, 3.05) is 13.1 Å². The van der Waals surface area contributed by atoms with E-state index in [1.54, 1.807) is 20.8 Å². The van der Waals surface area contributed by atoms with Gasteiger partial charge in [-0.25, -0.2) is 13.6 Å². The van der Waals surface area contributed by atoms with Crippen molar-refractivity contribution in [3.05, 3.63) is 0 Å². The van der Waals surface area contributed by atoms with Gasteiger partial charge in [-0.15, -0.1) is 0 Å². The average Bonchev–Trinajstić information content (AvgIpc) is 2.25. The quantitative estimate of drug-likeness (QED) is 0.715. The van der Waals surface area contributed by atoms with E-state index in [0.29, 0.717) is 0 Å². The van der Waals surface area contributed by atoms with Crippen LogP contribution in [0.15, 0.2) is 0 Å². The van der Waals surface area contributed by atoms with Crippen LogP contribution in [-0.2, 0) is 4.74 Å². The molecule has 1 saturated heterocycles. The summed E-state index contributed by atoms with van der Waals surface area (Å²) < 4.78 is 31.8. The predicted molar refractivity (Wildman–Crippen MR) is 60.0 cm³/mol. The third-order valence-corrected chi connectivity index (χ3v) is 2.62. The second-order valence-electron chi connectivity index (χ2n) is 5.37. The molecule has 1 aliphatic rings. The van der Waals surface area contributed by atoms with Crippen LogP contribution in [0.4, 0.5) is 13.6 Å². The third kappa shape index (κ3) is 4.11. The Morgan fingerprint density at radius 2 is 2.00 bits per heavy atom. The summed E-state index contributed by atoms with van der Waals surface area (Å²) in [6.45, 7) is 5.41. The van der Waals surface area contributed by atoms with Crippen LogP contribution in [0.2, 0.25) is 0 Å². The molecule has 1 heterocycles. The number of amides is 1. The molecule has 1 rings (SSSR count). The van der Waals surface area contributed by atoms with E-state index in [-0.39, 0.29) is 19.5 Å². The largest absolute Gasteiger partial charge is 0.444 e. The van der Waals surface area contributed by atoms with E-state index in [1.165, 1.54) is 4.90 Å². The van der Waals surface area contributed by atoms with Gasteiger partial charge in [-0.3, -0.25) is 0 Å². The van der Waals surface area contributed by atoms with Crippen molar-refractivity contribution in [2.24, 2.45) is 5.73 Å². The lowest BCUT2D eigenvalue weighted by Crippen LogP contribution is -2.40. The van der Waals surface area contributed by atoms with E-state index in [2.05, 4.69) is 0 Å². The second kappa shape index (κ2) is 4.76. The smallest absolute Gasteiger partial charge is 0.410 e. The number of nitrogens with zero attached hydrogens (tertiary/aromatic N) is 1. The Bertz CT molecular complexity index is 290. The first-order valence-corrected chi connectivity index (χ1v) is 5.73. The van der Waals surface area contributed by atoms with Crippen molar-refractivity contribution >= 4 is 6.09 Å². The number of hydrogen-bond donors (Lipinski definition) is 1. The normalized spacial score (nSPS) is 25.3. The van der Waals surface area contributed by atoms with Crippen LogP contribution in [0.1, 0.15) is 33.6 Å². The molecule has 0 aromatic rings. The van der Waals surface area contributed by atoms with Gasteiger partial charge in [0.15, 0.2) is 0 Å². The number of hydrogen-bond acceptors (Lipinski definition) is 3. The van der Waals surface area contributed by atoms with E-state index >= 15 is 0 Å². The molecule has 0 saturated carbocycles. The number of rotatable bonds is 0. The monoisotopic (exact) mass is 250 g/mol. The molecular weight excluding hydrogens is 230 g/mol. The van der Waals surface area contributed by atoms with E-state index in [9.17, 15) is 13.6 Å². The number of carbonyl (C=O) groups is 1. The SMILES string of the molecule is CC(C)(C)OC(=O)N1CCC(N)C(F)(F)CC1. The van der Waals surface area contributed by atoms with E-state index in [4.69, 9.17) is 10.5 Å². The number of nitrogens with two attached hydrogens (primary N) is 1. The minimum absolute atomic E-state index is 0.0182. The fraction of sp³-hybridized carbons (Fsp3) is 0.909. The summed E-state index contributed by atoms with van der Waals surface area (Å²) in [5.41, 5.74) is 4.76. The molecule has 1 aliphatic heterocycles. The fourth-order valence-corrected chi connectivity index (χ4v) is 1.60. The first-order valence-electron chi connectivity index (χ1n) is 5.73. The molecule has 0 spiro atoms. The molecule has 0 aromatic carbocycles. The lowest BCUT2D eigenvalue weighted by molar-refractivity contribution is -0.0301. The summed E-state index contributed by atoms with van der Waals surface area (Å²) in [7, 11) is 0. The van der Waals surface area contributed by atoms with Crippen molar-refractivity contribution in [2.45, 2.75) is 51.2 Å². The number of likely N-dealkylation sites (tertiary alicyclic amines) is 1. The maximum atomic E-state index is 13.3. The second-order valence-corrected chi connectivity index (χ2v) is 5.37. The van der Waals surface area contributed by atoms with Gasteiger partial charge in [0.1, 0.15) is 5.60 Å². The van der Waals surface area contributed by atoms with Crippen molar-refractivity contribution in [1.82, 2.24) is 4.90 Å². The zero-order valence-corrected chi connectivity index (χ0v) is 10.5. The summed E-state index contributed by atoms with van der Waals surface area (Å²) in [4.78, 5) is 13.0. The molecule has 100 valence electrons.